The number of aromatic nitrogens is 1. The molecule has 1 aliphatic rings. The minimum Gasteiger partial charge on any atom is -0.475 e. The summed E-state index contributed by atoms with van der Waals surface area (Å²) in [6.07, 6.45) is 7.06. The molecule has 0 aliphatic carbocycles. The molecule has 3 heteroatoms. The molecular weight excluding hydrogens is 236 g/mol. The molecule has 1 aliphatic heterocycles. The van der Waals surface area contributed by atoms with Crippen molar-refractivity contribution in [2.75, 3.05) is 13.1 Å². The van der Waals surface area contributed by atoms with Crippen LogP contribution in [0.5, 0.6) is 5.88 Å². The highest BCUT2D eigenvalue weighted by Gasteiger charge is 2.26. The molecule has 0 aromatic carbocycles. The van der Waals surface area contributed by atoms with Gasteiger partial charge in [0.05, 0.1) is 6.10 Å². The summed E-state index contributed by atoms with van der Waals surface area (Å²) in [5, 5.41) is 0. The van der Waals surface area contributed by atoms with Gasteiger partial charge in [-0.2, -0.15) is 0 Å². The molecule has 3 nitrogen and oxygen atoms in total. The SMILES string of the molecule is CCCN1CCCC[C@H]1c1cccnc1OC(C)C. The summed E-state index contributed by atoms with van der Waals surface area (Å²) in [5.41, 5.74) is 1.27. The first kappa shape index (κ1) is 14.3. The van der Waals surface area contributed by atoms with E-state index in [4.69, 9.17) is 4.74 Å². The second-order valence-electron chi connectivity index (χ2n) is 5.61. The van der Waals surface area contributed by atoms with Crippen LogP contribution in [0.4, 0.5) is 0 Å². The van der Waals surface area contributed by atoms with Gasteiger partial charge in [-0.1, -0.05) is 19.4 Å². The fourth-order valence-corrected chi connectivity index (χ4v) is 2.88. The third-order valence-corrected chi connectivity index (χ3v) is 3.63. The second kappa shape index (κ2) is 6.90. The summed E-state index contributed by atoms with van der Waals surface area (Å²) in [5.74, 6) is 0.825. The van der Waals surface area contributed by atoms with Crippen molar-refractivity contribution in [1.29, 1.82) is 0 Å². The Labute approximate surface area is 117 Å². The van der Waals surface area contributed by atoms with Crippen LogP contribution < -0.4 is 4.74 Å². The number of likely N-dealkylation sites (tertiary alicyclic amines) is 1. The van der Waals surface area contributed by atoms with E-state index < -0.39 is 0 Å². The van der Waals surface area contributed by atoms with Gasteiger partial charge in [0.15, 0.2) is 0 Å². The molecule has 0 spiro atoms. The van der Waals surface area contributed by atoms with Gasteiger partial charge in [0.1, 0.15) is 0 Å². The van der Waals surface area contributed by atoms with E-state index in [1.54, 1.807) is 0 Å². The quantitative estimate of drug-likeness (QED) is 0.807. The highest BCUT2D eigenvalue weighted by molar-refractivity contribution is 5.29. The van der Waals surface area contributed by atoms with Crippen LogP contribution in [0.3, 0.4) is 0 Å². The lowest BCUT2D eigenvalue weighted by Gasteiger charge is -2.36. The number of ether oxygens (including phenoxy) is 1. The van der Waals surface area contributed by atoms with E-state index >= 15 is 0 Å². The van der Waals surface area contributed by atoms with Crippen molar-refractivity contribution in [3.05, 3.63) is 23.9 Å². The minimum atomic E-state index is 0.178. The van der Waals surface area contributed by atoms with Crippen LogP contribution in [-0.2, 0) is 0 Å². The van der Waals surface area contributed by atoms with E-state index in [0.717, 1.165) is 5.88 Å². The zero-order valence-electron chi connectivity index (χ0n) is 12.4. The molecule has 1 atom stereocenters. The van der Waals surface area contributed by atoms with E-state index in [9.17, 15) is 0 Å². The largest absolute Gasteiger partial charge is 0.475 e. The van der Waals surface area contributed by atoms with E-state index in [0.29, 0.717) is 6.04 Å². The Kier molecular flexibility index (Phi) is 5.20. The second-order valence-corrected chi connectivity index (χ2v) is 5.61. The lowest BCUT2D eigenvalue weighted by Crippen LogP contribution is -2.34. The van der Waals surface area contributed by atoms with Gasteiger partial charge < -0.3 is 4.74 Å². The molecule has 0 amide bonds. The standard InChI is InChI=1S/C16H26N2O/c1-4-11-18-12-6-5-9-15(18)14-8-7-10-17-16(14)19-13(2)3/h7-8,10,13,15H,4-6,9,11-12H2,1-3H3/t15-/m0/s1. The van der Waals surface area contributed by atoms with E-state index in [1.807, 2.05) is 12.3 Å². The Bertz CT molecular complexity index is 390. The summed E-state index contributed by atoms with van der Waals surface area (Å²) in [6, 6.07) is 4.70. The lowest BCUT2D eigenvalue weighted by atomic mass is 9.95. The lowest BCUT2D eigenvalue weighted by molar-refractivity contribution is 0.141. The maximum atomic E-state index is 5.89. The molecule has 0 bridgehead atoms. The van der Waals surface area contributed by atoms with Crippen LogP contribution in [0.15, 0.2) is 18.3 Å². The summed E-state index contributed by atoms with van der Waals surface area (Å²) < 4.78 is 5.89. The third kappa shape index (κ3) is 3.69. The van der Waals surface area contributed by atoms with Crippen LogP contribution in [0.2, 0.25) is 0 Å². The molecule has 2 rings (SSSR count). The predicted molar refractivity (Wildman–Crippen MR) is 78.5 cm³/mol. The van der Waals surface area contributed by atoms with Crippen molar-refractivity contribution >= 4 is 0 Å². The average molecular weight is 262 g/mol. The zero-order valence-corrected chi connectivity index (χ0v) is 12.4. The predicted octanol–water partition coefficient (Wildman–Crippen LogP) is 3.81. The first-order valence-corrected chi connectivity index (χ1v) is 7.58. The van der Waals surface area contributed by atoms with Gasteiger partial charge in [0.2, 0.25) is 5.88 Å². The first-order valence-electron chi connectivity index (χ1n) is 7.58. The fourth-order valence-electron chi connectivity index (χ4n) is 2.88. The van der Waals surface area contributed by atoms with Gasteiger partial charge >= 0.3 is 0 Å². The number of hydrogen-bond acceptors (Lipinski definition) is 3. The monoisotopic (exact) mass is 262 g/mol. The van der Waals surface area contributed by atoms with Crippen molar-refractivity contribution in [3.63, 3.8) is 0 Å². The molecule has 1 fully saturated rings. The Hall–Kier alpha value is -1.09. The normalized spacial score (nSPS) is 20.7. The van der Waals surface area contributed by atoms with Crippen LogP contribution in [0.25, 0.3) is 0 Å². The van der Waals surface area contributed by atoms with Crippen LogP contribution in [0, 0.1) is 0 Å². The van der Waals surface area contributed by atoms with Crippen molar-refractivity contribution in [2.45, 2.75) is 58.6 Å². The summed E-state index contributed by atoms with van der Waals surface area (Å²) >= 11 is 0. The number of rotatable bonds is 5. The minimum absolute atomic E-state index is 0.178. The average Bonchev–Trinajstić information content (AvgIpc) is 2.40. The fraction of sp³-hybridized carbons (Fsp3) is 0.688. The van der Waals surface area contributed by atoms with Gasteiger partial charge in [-0.05, 0) is 52.3 Å². The Morgan fingerprint density at radius 3 is 3.00 bits per heavy atom. The molecule has 0 N–H and O–H groups in total. The molecule has 0 unspecified atom stereocenters. The molecular formula is C16H26N2O. The Balaban J connectivity index is 2.22. The molecule has 0 saturated carbocycles. The highest BCUT2D eigenvalue weighted by atomic mass is 16.5. The maximum Gasteiger partial charge on any atom is 0.218 e. The molecule has 2 heterocycles. The topological polar surface area (TPSA) is 25.4 Å². The summed E-state index contributed by atoms with van der Waals surface area (Å²) in [4.78, 5) is 7.03. The molecule has 1 aromatic heterocycles. The van der Waals surface area contributed by atoms with E-state index in [1.165, 1.54) is 44.3 Å². The van der Waals surface area contributed by atoms with E-state index in [2.05, 4.69) is 36.7 Å². The zero-order chi connectivity index (χ0) is 13.7. The van der Waals surface area contributed by atoms with Crippen molar-refractivity contribution < 1.29 is 4.74 Å². The highest BCUT2D eigenvalue weighted by Crippen LogP contribution is 2.35. The summed E-state index contributed by atoms with van der Waals surface area (Å²) in [7, 11) is 0. The molecule has 1 aromatic rings. The van der Waals surface area contributed by atoms with Gasteiger partial charge in [-0.25, -0.2) is 4.98 Å². The number of piperidine rings is 1. The van der Waals surface area contributed by atoms with Crippen molar-refractivity contribution in [3.8, 4) is 5.88 Å². The maximum absolute atomic E-state index is 5.89. The van der Waals surface area contributed by atoms with Gasteiger partial charge in [-0.15, -0.1) is 0 Å². The van der Waals surface area contributed by atoms with Crippen molar-refractivity contribution in [1.82, 2.24) is 9.88 Å². The smallest absolute Gasteiger partial charge is 0.218 e. The molecule has 0 radical (unpaired) electrons. The third-order valence-electron chi connectivity index (χ3n) is 3.63. The van der Waals surface area contributed by atoms with Crippen LogP contribution in [-0.4, -0.2) is 29.1 Å². The number of pyridine rings is 1. The summed E-state index contributed by atoms with van der Waals surface area (Å²) in [6.45, 7) is 8.74. The van der Waals surface area contributed by atoms with Gasteiger partial charge in [0.25, 0.3) is 0 Å². The first-order chi connectivity index (χ1) is 9.22. The van der Waals surface area contributed by atoms with Crippen LogP contribution in [0.1, 0.15) is 58.1 Å². The van der Waals surface area contributed by atoms with E-state index in [-0.39, 0.29) is 6.10 Å². The Morgan fingerprint density at radius 1 is 1.42 bits per heavy atom. The number of nitrogens with zero attached hydrogens (tertiary/aromatic N) is 2. The number of hydrogen-bond donors (Lipinski definition) is 0. The molecule has 19 heavy (non-hydrogen) atoms. The van der Waals surface area contributed by atoms with Gasteiger partial charge in [0, 0.05) is 17.8 Å². The van der Waals surface area contributed by atoms with Crippen molar-refractivity contribution in [2.24, 2.45) is 0 Å². The van der Waals surface area contributed by atoms with Crippen LogP contribution >= 0.6 is 0 Å². The molecule has 106 valence electrons. The Morgan fingerprint density at radius 2 is 2.26 bits per heavy atom. The van der Waals surface area contributed by atoms with Gasteiger partial charge in [-0.3, -0.25) is 4.90 Å². The molecule has 1 saturated heterocycles.